The molecule has 1 aliphatic rings. The summed E-state index contributed by atoms with van der Waals surface area (Å²) in [6, 6.07) is 12.2. The number of piperidine rings is 1. The van der Waals surface area contributed by atoms with Gasteiger partial charge in [0.05, 0.1) is 11.9 Å². The van der Waals surface area contributed by atoms with E-state index in [2.05, 4.69) is 34.1 Å². The molecule has 2 atom stereocenters. The zero-order chi connectivity index (χ0) is 19.5. The molecule has 0 aliphatic carbocycles. The minimum atomic E-state index is -0.121. The maximum atomic E-state index is 12.8. The number of nitrogens with one attached hydrogen (secondary N) is 1. The predicted octanol–water partition coefficient (Wildman–Crippen LogP) is 3.25. The Morgan fingerprint density at radius 3 is 2.89 bits per heavy atom. The number of carbonyl (C=O) groups excluding carboxylic acids is 1. The second-order valence-electron chi connectivity index (χ2n) is 7.79. The van der Waals surface area contributed by atoms with E-state index < -0.39 is 0 Å². The van der Waals surface area contributed by atoms with E-state index >= 15 is 0 Å². The molecule has 1 saturated heterocycles. The molecule has 2 unspecified atom stereocenters. The number of nitrogens with zero attached hydrogens (tertiary/aromatic N) is 4. The number of aromatic nitrogens is 3. The first-order chi connectivity index (χ1) is 13.6. The molecule has 1 N–H and O–H groups in total. The quantitative estimate of drug-likeness (QED) is 0.741. The van der Waals surface area contributed by atoms with Gasteiger partial charge in [-0.25, -0.2) is 9.50 Å². The molecule has 1 aliphatic heterocycles. The molecule has 6 heteroatoms. The molecule has 146 valence electrons. The van der Waals surface area contributed by atoms with Crippen molar-refractivity contribution in [3.63, 3.8) is 0 Å². The standard InChI is InChI=1S/C22H27N5O/c1-16-7-6-12-26(15-16)17(2)13-24-22(28)19-14-25-27-20(10-11-23-21(19)27)18-8-4-3-5-9-18/h3-5,8-11,14,16-17H,6-7,12-13,15H2,1-2H3,(H,24,28). The fourth-order valence-corrected chi connectivity index (χ4v) is 3.97. The molecule has 3 aromatic rings. The van der Waals surface area contributed by atoms with Gasteiger partial charge in [-0.1, -0.05) is 37.3 Å². The number of likely N-dealkylation sites (tertiary alicyclic amines) is 1. The lowest BCUT2D eigenvalue weighted by Crippen LogP contribution is -2.46. The molecular formula is C22H27N5O. The van der Waals surface area contributed by atoms with Crippen LogP contribution in [-0.2, 0) is 0 Å². The van der Waals surface area contributed by atoms with Crippen molar-refractivity contribution in [2.45, 2.75) is 32.7 Å². The molecular weight excluding hydrogens is 350 g/mol. The van der Waals surface area contributed by atoms with E-state index in [-0.39, 0.29) is 5.91 Å². The Kier molecular flexibility index (Phi) is 5.39. The number of fused-ring (bicyclic) bond motifs is 1. The van der Waals surface area contributed by atoms with Gasteiger partial charge in [-0.2, -0.15) is 5.10 Å². The Balaban J connectivity index is 1.49. The third kappa shape index (κ3) is 3.78. The molecule has 0 radical (unpaired) electrons. The first-order valence-electron chi connectivity index (χ1n) is 10.0. The highest BCUT2D eigenvalue weighted by Gasteiger charge is 2.22. The maximum Gasteiger partial charge on any atom is 0.256 e. The third-order valence-electron chi connectivity index (χ3n) is 5.59. The van der Waals surface area contributed by atoms with Crippen LogP contribution in [0.25, 0.3) is 16.9 Å². The number of hydrogen-bond acceptors (Lipinski definition) is 4. The fraction of sp³-hybridized carbons (Fsp3) is 0.409. The fourth-order valence-electron chi connectivity index (χ4n) is 3.97. The van der Waals surface area contributed by atoms with Gasteiger partial charge in [0.2, 0.25) is 0 Å². The second-order valence-corrected chi connectivity index (χ2v) is 7.79. The summed E-state index contributed by atoms with van der Waals surface area (Å²) < 4.78 is 1.74. The smallest absolute Gasteiger partial charge is 0.256 e. The summed E-state index contributed by atoms with van der Waals surface area (Å²) in [6.45, 7) is 7.32. The van der Waals surface area contributed by atoms with Crippen molar-refractivity contribution in [3.05, 3.63) is 54.4 Å². The minimum absolute atomic E-state index is 0.121. The van der Waals surface area contributed by atoms with E-state index in [1.807, 2.05) is 36.4 Å². The Morgan fingerprint density at radius 2 is 2.11 bits per heavy atom. The van der Waals surface area contributed by atoms with Crippen molar-refractivity contribution in [3.8, 4) is 11.3 Å². The third-order valence-corrected chi connectivity index (χ3v) is 5.59. The lowest BCUT2D eigenvalue weighted by molar-refractivity contribution is 0.0919. The van der Waals surface area contributed by atoms with Crippen LogP contribution in [0.1, 0.15) is 37.0 Å². The normalized spacial score (nSPS) is 18.9. The van der Waals surface area contributed by atoms with E-state index in [0.717, 1.165) is 30.3 Å². The van der Waals surface area contributed by atoms with Gasteiger partial charge in [-0.3, -0.25) is 9.69 Å². The van der Waals surface area contributed by atoms with Crippen LogP contribution in [0.2, 0.25) is 0 Å². The summed E-state index contributed by atoms with van der Waals surface area (Å²) in [4.78, 5) is 19.7. The van der Waals surface area contributed by atoms with Crippen molar-refractivity contribution in [1.29, 1.82) is 0 Å². The van der Waals surface area contributed by atoms with Gasteiger partial charge in [0.25, 0.3) is 5.91 Å². The maximum absolute atomic E-state index is 12.8. The average Bonchev–Trinajstić information content (AvgIpc) is 3.17. The van der Waals surface area contributed by atoms with Gasteiger partial charge in [-0.15, -0.1) is 0 Å². The number of benzene rings is 1. The van der Waals surface area contributed by atoms with Crippen molar-refractivity contribution < 1.29 is 4.79 Å². The largest absolute Gasteiger partial charge is 0.350 e. The highest BCUT2D eigenvalue weighted by molar-refractivity contribution is 5.99. The molecule has 3 heterocycles. The molecule has 6 nitrogen and oxygen atoms in total. The lowest BCUT2D eigenvalue weighted by atomic mass is 9.99. The average molecular weight is 377 g/mol. The topological polar surface area (TPSA) is 62.5 Å². The van der Waals surface area contributed by atoms with Crippen molar-refractivity contribution in [2.75, 3.05) is 19.6 Å². The van der Waals surface area contributed by atoms with Crippen LogP contribution < -0.4 is 5.32 Å². The van der Waals surface area contributed by atoms with E-state index in [4.69, 9.17) is 0 Å². The Morgan fingerprint density at radius 1 is 1.29 bits per heavy atom. The van der Waals surface area contributed by atoms with Gasteiger partial charge in [0.15, 0.2) is 5.65 Å². The Labute approximate surface area is 165 Å². The first kappa shape index (κ1) is 18.6. The van der Waals surface area contributed by atoms with Crippen LogP contribution >= 0.6 is 0 Å². The van der Waals surface area contributed by atoms with E-state index in [0.29, 0.717) is 23.8 Å². The number of amides is 1. The summed E-state index contributed by atoms with van der Waals surface area (Å²) in [5, 5.41) is 7.50. The highest BCUT2D eigenvalue weighted by Crippen LogP contribution is 2.21. The highest BCUT2D eigenvalue weighted by atomic mass is 16.1. The molecule has 28 heavy (non-hydrogen) atoms. The van der Waals surface area contributed by atoms with Crippen LogP contribution in [0.5, 0.6) is 0 Å². The van der Waals surface area contributed by atoms with E-state index in [1.54, 1.807) is 16.9 Å². The van der Waals surface area contributed by atoms with Gasteiger partial charge >= 0.3 is 0 Å². The Hall–Kier alpha value is -2.73. The van der Waals surface area contributed by atoms with Gasteiger partial charge in [0.1, 0.15) is 5.56 Å². The molecule has 1 aromatic carbocycles. The van der Waals surface area contributed by atoms with Crippen LogP contribution in [0.4, 0.5) is 0 Å². The molecule has 1 fully saturated rings. The van der Waals surface area contributed by atoms with Gasteiger partial charge in [0, 0.05) is 30.9 Å². The molecule has 4 rings (SSSR count). The predicted molar refractivity (Wildman–Crippen MR) is 110 cm³/mol. The van der Waals surface area contributed by atoms with E-state index in [1.165, 1.54) is 12.8 Å². The zero-order valence-corrected chi connectivity index (χ0v) is 16.5. The van der Waals surface area contributed by atoms with Crippen LogP contribution in [0.15, 0.2) is 48.8 Å². The van der Waals surface area contributed by atoms with E-state index in [9.17, 15) is 4.79 Å². The monoisotopic (exact) mass is 377 g/mol. The zero-order valence-electron chi connectivity index (χ0n) is 16.5. The summed E-state index contributed by atoms with van der Waals surface area (Å²) in [5.74, 6) is 0.608. The van der Waals surface area contributed by atoms with Crippen molar-refractivity contribution >= 4 is 11.6 Å². The summed E-state index contributed by atoms with van der Waals surface area (Å²) in [6.07, 6.45) is 5.87. The minimum Gasteiger partial charge on any atom is -0.350 e. The number of carbonyl (C=O) groups is 1. The molecule has 0 saturated carbocycles. The summed E-state index contributed by atoms with van der Waals surface area (Å²) >= 11 is 0. The van der Waals surface area contributed by atoms with Crippen molar-refractivity contribution in [2.24, 2.45) is 5.92 Å². The molecule has 0 bridgehead atoms. The molecule has 2 aromatic heterocycles. The summed E-state index contributed by atoms with van der Waals surface area (Å²) in [7, 11) is 0. The van der Waals surface area contributed by atoms with Gasteiger partial charge in [-0.05, 0) is 38.3 Å². The SMILES string of the molecule is CC1CCCN(C(C)CNC(=O)c2cnn3c(-c4ccccc4)ccnc23)C1. The van der Waals surface area contributed by atoms with Gasteiger partial charge < -0.3 is 5.32 Å². The molecule has 1 amide bonds. The lowest BCUT2D eigenvalue weighted by Gasteiger charge is -2.35. The number of hydrogen-bond donors (Lipinski definition) is 1. The first-order valence-corrected chi connectivity index (χ1v) is 10.0. The van der Waals surface area contributed by atoms with Crippen molar-refractivity contribution in [1.82, 2.24) is 24.8 Å². The van der Waals surface area contributed by atoms with Crippen LogP contribution in [0, 0.1) is 5.92 Å². The molecule has 0 spiro atoms. The Bertz CT molecular complexity index is 952. The number of rotatable bonds is 5. The summed E-state index contributed by atoms with van der Waals surface area (Å²) in [5.41, 5.74) is 3.05. The second kappa shape index (κ2) is 8.10. The van der Waals surface area contributed by atoms with Crippen LogP contribution in [-0.4, -0.2) is 51.1 Å². The van der Waals surface area contributed by atoms with Crippen LogP contribution in [0.3, 0.4) is 0 Å².